The number of nitrogens with one attached hydrogen (secondary N) is 1. The first kappa shape index (κ1) is 15.5. The number of aromatic carboxylic acids is 1. The monoisotopic (exact) mass is 327 g/mol. The fraction of sp³-hybridized carbons (Fsp3) is 0.125. The van der Waals surface area contributed by atoms with E-state index in [9.17, 15) is 14.4 Å². The summed E-state index contributed by atoms with van der Waals surface area (Å²) in [5, 5.41) is 11.6. The molecule has 122 valence electrons. The molecule has 0 bridgehead atoms. The van der Waals surface area contributed by atoms with Gasteiger partial charge in [0.15, 0.2) is 18.2 Å². The van der Waals surface area contributed by atoms with Crippen molar-refractivity contribution in [1.82, 2.24) is 4.98 Å². The molecule has 0 fully saturated rings. The Kier molecular flexibility index (Phi) is 4.11. The number of rotatable bonds is 4. The fourth-order valence-corrected chi connectivity index (χ4v) is 2.31. The molecule has 8 nitrogen and oxygen atoms in total. The number of benzene rings is 1. The van der Waals surface area contributed by atoms with E-state index in [4.69, 9.17) is 9.84 Å². The average molecular weight is 327 g/mol. The van der Waals surface area contributed by atoms with Crippen molar-refractivity contribution in [2.45, 2.75) is 0 Å². The SMILES string of the molecule is O=C(CN1C(=O)COc2cccnc21)Nc1ccccc1C(=O)O. The summed E-state index contributed by atoms with van der Waals surface area (Å²) in [6.07, 6.45) is 1.49. The van der Waals surface area contributed by atoms with Gasteiger partial charge in [-0.15, -0.1) is 0 Å². The van der Waals surface area contributed by atoms with Gasteiger partial charge in [-0.25, -0.2) is 9.78 Å². The molecule has 2 aromatic rings. The molecule has 1 aromatic carbocycles. The van der Waals surface area contributed by atoms with Gasteiger partial charge >= 0.3 is 5.97 Å². The van der Waals surface area contributed by atoms with Gasteiger partial charge in [-0.05, 0) is 24.3 Å². The maximum absolute atomic E-state index is 12.2. The molecular weight excluding hydrogens is 314 g/mol. The molecule has 24 heavy (non-hydrogen) atoms. The van der Waals surface area contributed by atoms with Gasteiger partial charge in [0.2, 0.25) is 5.91 Å². The van der Waals surface area contributed by atoms with Crippen LogP contribution in [0.2, 0.25) is 0 Å². The van der Waals surface area contributed by atoms with Crippen LogP contribution in [0.15, 0.2) is 42.6 Å². The second-order valence-electron chi connectivity index (χ2n) is 4.99. The molecule has 3 rings (SSSR count). The second kappa shape index (κ2) is 6.37. The van der Waals surface area contributed by atoms with Gasteiger partial charge in [0.25, 0.3) is 5.91 Å². The number of ether oxygens (including phenoxy) is 1. The summed E-state index contributed by atoms with van der Waals surface area (Å²) in [5.74, 6) is -1.41. The Morgan fingerprint density at radius 3 is 2.83 bits per heavy atom. The van der Waals surface area contributed by atoms with Crippen molar-refractivity contribution < 1.29 is 24.2 Å². The summed E-state index contributed by atoms with van der Waals surface area (Å²) >= 11 is 0. The Morgan fingerprint density at radius 2 is 2.04 bits per heavy atom. The van der Waals surface area contributed by atoms with Gasteiger partial charge in [-0.2, -0.15) is 0 Å². The highest BCUT2D eigenvalue weighted by molar-refractivity contribution is 6.06. The van der Waals surface area contributed by atoms with E-state index in [-0.39, 0.29) is 30.2 Å². The Hall–Kier alpha value is -3.42. The maximum Gasteiger partial charge on any atom is 0.337 e. The molecule has 8 heteroatoms. The van der Waals surface area contributed by atoms with Crippen molar-refractivity contribution in [3.8, 4) is 5.75 Å². The molecule has 0 saturated carbocycles. The summed E-state index contributed by atoms with van der Waals surface area (Å²) in [4.78, 5) is 40.7. The van der Waals surface area contributed by atoms with Gasteiger partial charge in [0, 0.05) is 6.20 Å². The first-order valence-electron chi connectivity index (χ1n) is 7.06. The minimum Gasteiger partial charge on any atom is -0.480 e. The van der Waals surface area contributed by atoms with Gasteiger partial charge in [-0.3, -0.25) is 14.5 Å². The predicted octanol–water partition coefficient (Wildman–Crippen LogP) is 1.14. The Labute approximate surface area is 136 Å². The molecule has 1 aliphatic heterocycles. The molecule has 2 N–H and O–H groups in total. The third-order valence-electron chi connectivity index (χ3n) is 3.39. The van der Waals surface area contributed by atoms with Crippen LogP contribution >= 0.6 is 0 Å². The minimum atomic E-state index is -1.15. The zero-order valence-corrected chi connectivity index (χ0v) is 12.4. The van der Waals surface area contributed by atoms with Crippen LogP contribution in [-0.4, -0.2) is 41.0 Å². The lowest BCUT2D eigenvalue weighted by Crippen LogP contribution is -2.44. The van der Waals surface area contributed by atoms with Crippen molar-refractivity contribution in [2.24, 2.45) is 0 Å². The highest BCUT2D eigenvalue weighted by Gasteiger charge is 2.28. The van der Waals surface area contributed by atoms with Crippen LogP contribution in [0.3, 0.4) is 0 Å². The molecule has 2 heterocycles. The fourth-order valence-electron chi connectivity index (χ4n) is 2.31. The third-order valence-corrected chi connectivity index (χ3v) is 3.39. The molecule has 0 saturated heterocycles. The van der Waals surface area contributed by atoms with E-state index in [0.717, 1.165) is 0 Å². The van der Waals surface area contributed by atoms with E-state index in [0.29, 0.717) is 5.75 Å². The molecule has 0 radical (unpaired) electrons. The van der Waals surface area contributed by atoms with E-state index in [1.165, 1.54) is 23.2 Å². The average Bonchev–Trinajstić information content (AvgIpc) is 2.58. The number of aromatic nitrogens is 1. The Morgan fingerprint density at radius 1 is 1.25 bits per heavy atom. The predicted molar refractivity (Wildman–Crippen MR) is 84.1 cm³/mol. The van der Waals surface area contributed by atoms with Crippen molar-refractivity contribution >= 4 is 29.3 Å². The first-order chi connectivity index (χ1) is 11.6. The minimum absolute atomic E-state index is 0.0299. The van der Waals surface area contributed by atoms with Gasteiger partial charge < -0.3 is 15.2 Å². The quantitative estimate of drug-likeness (QED) is 0.872. The summed E-state index contributed by atoms with van der Waals surface area (Å²) in [5.41, 5.74) is 0.134. The standard InChI is InChI=1S/C16H13N3O5/c20-13(18-11-5-2-1-4-10(11)16(22)23)8-19-14(21)9-24-12-6-3-7-17-15(12)19/h1-7H,8-9H2,(H,18,20)(H,22,23). The first-order valence-corrected chi connectivity index (χ1v) is 7.06. The number of carboxylic acids is 1. The van der Waals surface area contributed by atoms with Crippen LogP contribution < -0.4 is 15.0 Å². The summed E-state index contributed by atoms with van der Waals surface area (Å²) in [6.45, 7) is -0.474. The van der Waals surface area contributed by atoms with Crippen LogP contribution in [-0.2, 0) is 9.59 Å². The number of carboxylic acid groups (broad SMARTS) is 1. The number of anilines is 2. The summed E-state index contributed by atoms with van der Waals surface area (Å²) in [6, 6.07) is 9.35. The number of carbonyl (C=O) groups excluding carboxylic acids is 2. The lowest BCUT2D eigenvalue weighted by molar-refractivity contribution is -0.123. The molecule has 0 spiro atoms. The molecule has 0 atom stereocenters. The largest absolute Gasteiger partial charge is 0.480 e. The molecule has 0 aliphatic carbocycles. The zero-order valence-electron chi connectivity index (χ0n) is 12.4. The number of para-hydroxylation sites is 1. The van der Waals surface area contributed by atoms with Crippen molar-refractivity contribution in [3.05, 3.63) is 48.2 Å². The summed E-state index contributed by atoms with van der Waals surface area (Å²) in [7, 11) is 0. The highest BCUT2D eigenvalue weighted by atomic mass is 16.5. The number of fused-ring (bicyclic) bond motifs is 1. The van der Waals surface area contributed by atoms with E-state index >= 15 is 0 Å². The molecular formula is C16H13N3O5. The van der Waals surface area contributed by atoms with Crippen LogP contribution in [0.4, 0.5) is 11.5 Å². The van der Waals surface area contributed by atoms with E-state index in [2.05, 4.69) is 10.3 Å². The second-order valence-corrected chi connectivity index (χ2v) is 4.99. The molecule has 1 aliphatic rings. The van der Waals surface area contributed by atoms with Gasteiger partial charge in [-0.1, -0.05) is 12.1 Å². The van der Waals surface area contributed by atoms with Crippen molar-refractivity contribution in [1.29, 1.82) is 0 Å². The molecule has 2 amide bonds. The van der Waals surface area contributed by atoms with Crippen LogP contribution in [0.25, 0.3) is 0 Å². The van der Waals surface area contributed by atoms with Gasteiger partial charge in [0.05, 0.1) is 11.3 Å². The number of hydrogen-bond acceptors (Lipinski definition) is 5. The number of hydrogen-bond donors (Lipinski definition) is 2. The normalized spacial score (nSPS) is 13.0. The molecule has 1 aromatic heterocycles. The third kappa shape index (κ3) is 3.02. The van der Waals surface area contributed by atoms with Crippen molar-refractivity contribution in [3.63, 3.8) is 0 Å². The van der Waals surface area contributed by atoms with Crippen LogP contribution in [0, 0.1) is 0 Å². The van der Waals surface area contributed by atoms with E-state index < -0.39 is 17.8 Å². The topological polar surface area (TPSA) is 109 Å². The van der Waals surface area contributed by atoms with Crippen molar-refractivity contribution in [2.75, 3.05) is 23.4 Å². The molecule has 0 unspecified atom stereocenters. The number of carbonyl (C=O) groups is 3. The number of amides is 2. The Balaban J connectivity index is 1.79. The Bertz CT molecular complexity index is 821. The summed E-state index contributed by atoms with van der Waals surface area (Å²) < 4.78 is 5.25. The lowest BCUT2D eigenvalue weighted by Gasteiger charge is -2.27. The maximum atomic E-state index is 12.2. The lowest BCUT2D eigenvalue weighted by atomic mass is 10.2. The highest BCUT2D eigenvalue weighted by Crippen LogP contribution is 2.28. The van der Waals surface area contributed by atoms with Gasteiger partial charge in [0.1, 0.15) is 6.54 Å². The van der Waals surface area contributed by atoms with Crippen LogP contribution in [0.1, 0.15) is 10.4 Å². The van der Waals surface area contributed by atoms with E-state index in [1.54, 1.807) is 24.3 Å². The van der Waals surface area contributed by atoms with Crippen LogP contribution in [0.5, 0.6) is 5.75 Å². The van der Waals surface area contributed by atoms with E-state index in [1.807, 2.05) is 0 Å². The number of pyridine rings is 1. The number of nitrogens with zero attached hydrogens (tertiary/aromatic N) is 2. The zero-order chi connectivity index (χ0) is 17.1. The smallest absolute Gasteiger partial charge is 0.337 e.